The minimum absolute atomic E-state index is 0.275. The summed E-state index contributed by atoms with van der Waals surface area (Å²) in [5.74, 6) is 0.445. The van der Waals surface area contributed by atoms with E-state index in [2.05, 4.69) is 5.16 Å². The van der Waals surface area contributed by atoms with E-state index in [0.29, 0.717) is 22.1 Å². The largest absolute Gasteiger partial charge is 0.462 e. The number of esters is 1. The topological polar surface area (TPSA) is 72.0 Å². The molecule has 0 bridgehead atoms. The highest BCUT2D eigenvalue weighted by molar-refractivity contribution is 6.33. The first-order valence-electron chi connectivity index (χ1n) is 5.90. The van der Waals surface area contributed by atoms with E-state index >= 15 is 0 Å². The molecule has 1 heterocycles. The third-order valence-electron chi connectivity index (χ3n) is 2.56. The molecule has 5 nitrogen and oxygen atoms in total. The van der Waals surface area contributed by atoms with Crippen LogP contribution in [0.3, 0.4) is 0 Å². The van der Waals surface area contributed by atoms with Crippen molar-refractivity contribution in [2.24, 2.45) is 5.16 Å². The molecule has 0 amide bonds. The monoisotopic (exact) mass is 293 g/mol. The fourth-order valence-corrected chi connectivity index (χ4v) is 1.87. The molecule has 2 aromatic rings. The Balaban J connectivity index is 2.37. The predicted octanol–water partition coefficient (Wildman–Crippen LogP) is 3.58. The van der Waals surface area contributed by atoms with Crippen LogP contribution in [0.15, 0.2) is 39.9 Å². The lowest BCUT2D eigenvalue weighted by atomic mass is 10.1. The van der Waals surface area contributed by atoms with Crippen molar-refractivity contribution in [3.63, 3.8) is 0 Å². The van der Waals surface area contributed by atoms with Gasteiger partial charge in [-0.1, -0.05) is 16.8 Å². The molecule has 1 aromatic heterocycles. The highest BCUT2D eigenvalue weighted by Gasteiger charge is 2.14. The molecule has 1 N–H and O–H groups in total. The zero-order valence-electron chi connectivity index (χ0n) is 10.7. The summed E-state index contributed by atoms with van der Waals surface area (Å²) in [6.45, 7) is 2.00. The summed E-state index contributed by atoms with van der Waals surface area (Å²) in [6, 6.07) is 8.27. The maximum atomic E-state index is 11.8. The summed E-state index contributed by atoms with van der Waals surface area (Å²) in [5.41, 5.74) is 0.954. The van der Waals surface area contributed by atoms with Gasteiger partial charge in [0, 0.05) is 5.56 Å². The van der Waals surface area contributed by atoms with E-state index in [1.807, 2.05) is 0 Å². The predicted molar refractivity (Wildman–Crippen MR) is 74.5 cm³/mol. The lowest BCUT2D eigenvalue weighted by Crippen LogP contribution is -2.05. The zero-order chi connectivity index (χ0) is 14.5. The molecule has 104 valence electrons. The van der Waals surface area contributed by atoms with Crippen LogP contribution in [0.2, 0.25) is 5.02 Å². The van der Waals surface area contributed by atoms with Crippen LogP contribution in [-0.2, 0) is 4.74 Å². The average molecular weight is 294 g/mol. The number of furan rings is 1. The Kier molecular flexibility index (Phi) is 4.42. The molecule has 0 aliphatic heterocycles. The first-order valence-corrected chi connectivity index (χ1v) is 6.27. The number of nitrogens with zero attached hydrogens (tertiary/aromatic N) is 1. The Morgan fingerprint density at radius 2 is 2.25 bits per heavy atom. The second-order valence-corrected chi connectivity index (χ2v) is 4.27. The van der Waals surface area contributed by atoms with E-state index in [0.717, 1.165) is 0 Å². The molecular weight excluding hydrogens is 282 g/mol. The Labute approximate surface area is 120 Å². The van der Waals surface area contributed by atoms with E-state index in [1.54, 1.807) is 37.3 Å². The molecule has 0 saturated heterocycles. The first kappa shape index (κ1) is 14.1. The van der Waals surface area contributed by atoms with Crippen molar-refractivity contribution in [1.82, 2.24) is 0 Å². The van der Waals surface area contributed by atoms with Gasteiger partial charge in [-0.05, 0) is 37.3 Å². The van der Waals surface area contributed by atoms with E-state index in [9.17, 15) is 4.79 Å². The second-order valence-electron chi connectivity index (χ2n) is 3.86. The van der Waals surface area contributed by atoms with Gasteiger partial charge in [0.1, 0.15) is 17.7 Å². The molecule has 0 fully saturated rings. The van der Waals surface area contributed by atoms with Crippen LogP contribution in [0.1, 0.15) is 23.0 Å². The molecule has 2 rings (SSSR count). The zero-order valence-corrected chi connectivity index (χ0v) is 11.4. The minimum Gasteiger partial charge on any atom is -0.462 e. The molecular formula is C14H12ClNO4. The van der Waals surface area contributed by atoms with E-state index in [-0.39, 0.29) is 12.2 Å². The summed E-state index contributed by atoms with van der Waals surface area (Å²) in [4.78, 5) is 11.8. The van der Waals surface area contributed by atoms with Crippen molar-refractivity contribution in [1.29, 1.82) is 0 Å². The van der Waals surface area contributed by atoms with Crippen LogP contribution in [0.4, 0.5) is 0 Å². The van der Waals surface area contributed by atoms with Gasteiger partial charge in [0.05, 0.1) is 17.2 Å². The van der Waals surface area contributed by atoms with Crippen molar-refractivity contribution < 1.29 is 19.2 Å². The number of benzene rings is 1. The van der Waals surface area contributed by atoms with Crippen LogP contribution < -0.4 is 0 Å². The fraction of sp³-hybridized carbons (Fsp3) is 0.143. The lowest BCUT2D eigenvalue weighted by Gasteiger charge is -2.05. The van der Waals surface area contributed by atoms with Crippen LogP contribution in [-0.4, -0.2) is 24.0 Å². The lowest BCUT2D eigenvalue weighted by molar-refractivity contribution is 0.0526. The van der Waals surface area contributed by atoms with Gasteiger partial charge >= 0.3 is 5.97 Å². The van der Waals surface area contributed by atoms with Crippen LogP contribution in [0.5, 0.6) is 0 Å². The molecule has 0 aliphatic carbocycles. The van der Waals surface area contributed by atoms with Gasteiger partial charge < -0.3 is 14.4 Å². The van der Waals surface area contributed by atoms with Gasteiger partial charge in [-0.15, -0.1) is 0 Å². The van der Waals surface area contributed by atoms with E-state index in [4.69, 9.17) is 26.0 Å². The van der Waals surface area contributed by atoms with Crippen molar-refractivity contribution >= 4 is 23.8 Å². The maximum absolute atomic E-state index is 11.8. The number of ether oxygens (including phenoxy) is 1. The molecule has 6 heteroatoms. The van der Waals surface area contributed by atoms with Gasteiger partial charge in [0.15, 0.2) is 0 Å². The normalized spacial score (nSPS) is 10.9. The molecule has 20 heavy (non-hydrogen) atoms. The van der Waals surface area contributed by atoms with E-state index in [1.165, 1.54) is 6.21 Å². The van der Waals surface area contributed by atoms with Crippen molar-refractivity contribution in [3.05, 3.63) is 46.7 Å². The Bertz CT molecular complexity index is 648. The number of carbonyl (C=O) groups is 1. The van der Waals surface area contributed by atoms with Gasteiger partial charge in [-0.3, -0.25) is 0 Å². The third-order valence-corrected chi connectivity index (χ3v) is 2.89. The molecule has 0 atom stereocenters. The van der Waals surface area contributed by atoms with Crippen LogP contribution >= 0.6 is 11.6 Å². The summed E-state index contributed by atoms with van der Waals surface area (Å²) in [6.07, 6.45) is 1.17. The number of hydrogen-bond donors (Lipinski definition) is 1. The molecule has 0 unspecified atom stereocenters. The van der Waals surface area contributed by atoms with Crippen LogP contribution in [0, 0.1) is 0 Å². The number of oxime groups is 1. The fourth-order valence-electron chi connectivity index (χ4n) is 1.68. The van der Waals surface area contributed by atoms with Gasteiger partial charge in [0.2, 0.25) is 0 Å². The SMILES string of the molecule is CCOC(=O)c1cc(-c2ccc(/C=N/O)o2)ccc1Cl. The van der Waals surface area contributed by atoms with Crippen molar-refractivity contribution in [2.75, 3.05) is 6.61 Å². The summed E-state index contributed by atoms with van der Waals surface area (Å²) in [7, 11) is 0. The Morgan fingerprint density at radius 3 is 2.95 bits per heavy atom. The highest BCUT2D eigenvalue weighted by atomic mass is 35.5. The first-order chi connectivity index (χ1) is 9.65. The molecule has 1 aromatic carbocycles. The Hall–Kier alpha value is -2.27. The minimum atomic E-state index is -0.483. The summed E-state index contributed by atoms with van der Waals surface area (Å²) in [5, 5.41) is 11.6. The number of hydrogen-bond acceptors (Lipinski definition) is 5. The molecule has 0 radical (unpaired) electrons. The smallest absolute Gasteiger partial charge is 0.339 e. The van der Waals surface area contributed by atoms with Crippen molar-refractivity contribution in [2.45, 2.75) is 6.92 Å². The Morgan fingerprint density at radius 1 is 1.45 bits per heavy atom. The van der Waals surface area contributed by atoms with Gasteiger partial charge in [-0.25, -0.2) is 4.79 Å². The molecule has 0 aliphatic rings. The number of halogens is 1. The standard InChI is InChI=1S/C14H12ClNO4/c1-2-19-14(17)11-7-9(3-5-12(11)15)13-6-4-10(20-13)8-16-18/h3-8,18H,2H2,1H3/b16-8+. The quantitative estimate of drug-likeness (QED) is 0.405. The molecule has 0 spiro atoms. The van der Waals surface area contributed by atoms with Crippen molar-refractivity contribution in [3.8, 4) is 11.3 Å². The summed E-state index contributed by atoms with van der Waals surface area (Å²) < 4.78 is 10.4. The average Bonchev–Trinajstić information content (AvgIpc) is 2.88. The summed E-state index contributed by atoms with van der Waals surface area (Å²) >= 11 is 5.98. The van der Waals surface area contributed by atoms with Crippen LogP contribution in [0.25, 0.3) is 11.3 Å². The third kappa shape index (κ3) is 3.00. The van der Waals surface area contributed by atoms with E-state index < -0.39 is 5.97 Å². The second kappa shape index (κ2) is 6.25. The van der Waals surface area contributed by atoms with Gasteiger partial charge in [0.25, 0.3) is 0 Å². The number of rotatable bonds is 4. The van der Waals surface area contributed by atoms with Gasteiger partial charge in [-0.2, -0.15) is 0 Å². The number of carbonyl (C=O) groups excluding carboxylic acids is 1. The molecule has 0 saturated carbocycles. The maximum Gasteiger partial charge on any atom is 0.339 e. The highest BCUT2D eigenvalue weighted by Crippen LogP contribution is 2.27.